The van der Waals surface area contributed by atoms with Crippen molar-refractivity contribution in [3.63, 3.8) is 0 Å². The van der Waals surface area contributed by atoms with Gasteiger partial charge in [-0.3, -0.25) is 4.79 Å². The largest absolute Gasteiger partial charge is 0.507 e. The Labute approximate surface area is 146 Å². The molecule has 0 atom stereocenters. The van der Waals surface area contributed by atoms with Crippen molar-refractivity contribution in [3.05, 3.63) is 90.0 Å². The maximum atomic E-state index is 12.2. The molecule has 0 aromatic heterocycles. The van der Waals surface area contributed by atoms with E-state index in [-0.39, 0.29) is 17.1 Å². The zero-order valence-electron chi connectivity index (χ0n) is 13.8. The van der Waals surface area contributed by atoms with Crippen LogP contribution in [0.2, 0.25) is 0 Å². The Morgan fingerprint density at radius 1 is 0.920 bits per heavy atom. The number of ketones is 1. The molecule has 0 saturated carbocycles. The third-order valence-corrected chi connectivity index (χ3v) is 3.92. The highest BCUT2D eigenvalue weighted by Crippen LogP contribution is 2.28. The van der Waals surface area contributed by atoms with Crippen LogP contribution in [0, 0.1) is 0 Å². The lowest BCUT2D eigenvalue weighted by atomic mass is 10.0. The molecule has 0 aliphatic carbocycles. The Morgan fingerprint density at radius 2 is 1.64 bits per heavy atom. The molecule has 1 N–H and O–H groups in total. The van der Waals surface area contributed by atoms with Crippen LogP contribution in [0.1, 0.15) is 15.9 Å². The van der Waals surface area contributed by atoms with Gasteiger partial charge in [0, 0.05) is 5.56 Å². The first-order valence-corrected chi connectivity index (χ1v) is 7.93. The van der Waals surface area contributed by atoms with Crippen LogP contribution >= 0.6 is 0 Å². The molecular formula is C22H18O3. The number of para-hydroxylation sites is 1. The van der Waals surface area contributed by atoms with Gasteiger partial charge in [0.2, 0.25) is 0 Å². The van der Waals surface area contributed by atoms with Gasteiger partial charge in [-0.15, -0.1) is 0 Å². The van der Waals surface area contributed by atoms with Crippen molar-refractivity contribution in [2.45, 2.75) is 0 Å². The average Bonchev–Trinajstić information content (AvgIpc) is 2.67. The molecule has 0 spiro atoms. The molecule has 0 unspecified atom stereocenters. The van der Waals surface area contributed by atoms with Gasteiger partial charge in [-0.1, -0.05) is 54.6 Å². The Hall–Kier alpha value is -3.33. The van der Waals surface area contributed by atoms with E-state index < -0.39 is 0 Å². The summed E-state index contributed by atoms with van der Waals surface area (Å²) in [5.74, 6) is 0.401. The number of hydrogen-bond donors (Lipinski definition) is 1. The first-order valence-electron chi connectivity index (χ1n) is 7.93. The Bertz CT molecular complexity index is 912. The number of phenols is 1. The summed E-state index contributed by atoms with van der Waals surface area (Å²) >= 11 is 0. The van der Waals surface area contributed by atoms with Crippen LogP contribution in [0.15, 0.2) is 78.9 Å². The average molecular weight is 330 g/mol. The van der Waals surface area contributed by atoms with E-state index in [1.807, 2.05) is 48.5 Å². The second-order valence-electron chi connectivity index (χ2n) is 5.54. The summed E-state index contributed by atoms with van der Waals surface area (Å²) in [5, 5.41) is 9.76. The van der Waals surface area contributed by atoms with E-state index in [0.717, 1.165) is 16.7 Å². The zero-order valence-corrected chi connectivity index (χ0v) is 13.8. The van der Waals surface area contributed by atoms with Crippen LogP contribution in [-0.4, -0.2) is 18.0 Å². The van der Waals surface area contributed by atoms with Gasteiger partial charge in [0.05, 0.1) is 12.7 Å². The van der Waals surface area contributed by atoms with E-state index in [1.54, 1.807) is 31.4 Å². The van der Waals surface area contributed by atoms with Crippen molar-refractivity contribution in [1.82, 2.24) is 0 Å². The lowest BCUT2D eigenvalue weighted by Gasteiger charge is -2.08. The second kappa shape index (κ2) is 7.49. The van der Waals surface area contributed by atoms with Crippen LogP contribution in [0.4, 0.5) is 0 Å². The maximum absolute atomic E-state index is 12.2. The van der Waals surface area contributed by atoms with E-state index in [4.69, 9.17) is 4.74 Å². The van der Waals surface area contributed by atoms with E-state index in [0.29, 0.717) is 5.75 Å². The molecule has 124 valence electrons. The van der Waals surface area contributed by atoms with Crippen LogP contribution in [-0.2, 0) is 0 Å². The standard InChI is InChI=1S/C22H18O3/c1-25-22-15-18(16-7-3-2-4-8-16)12-11-17(22)13-14-21(24)19-9-5-6-10-20(19)23/h2-15,23H,1H3. The molecule has 0 amide bonds. The Balaban J connectivity index is 1.88. The van der Waals surface area contributed by atoms with Gasteiger partial charge in [0.15, 0.2) is 5.78 Å². The van der Waals surface area contributed by atoms with Crippen molar-refractivity contribution in [1.29, 1.82) is 0 Å². The molecule has 0 saturated heterocycles. The van der Waals surface area contributed by atoms with E-state index in [1.165, 1.54) is 12.1 Å². The summed E-state index contributed by atoms with van der Waals surface area (Å²) < 4.78 is 5.46. The molecule has 3 nitrogen and oxygen atoms in total. The molecule has 0 radical (unpaired) electrons. The van der Waals surface area contributed by atoms with Crippen molar-refractivity contribution in [3.8, 4) is 22.6 Å². The summed E-state index contributed by atoms with van der Waals surface area (Å²) in [7, 11) is 1.60. The van der Waals surface area contributed by atoms with Crippen molar-refractivity contribution in [2.75, 3.05) is 7.11 Å². The van der Waals surface area contributed by atoms with E-state index >= 15 is 0 Å². The molecule has 3 aromatic carbocycles. The number of hydrogen-bond acceptors (Lipinski definition) is 3. The van der Waals surface area contributed by atoms with E-state index in [9.17, 15) is 9.90 Å². The summed E-state index contributed by atoms with van der Waals surface area (Å²) in [5.41, 5.74) is 3.22. The first kappa shape index (κ1) is 16.5. The Kier molecular flexibility index (Phi) is 4.95. The lowest BCUT2D eigenvalue weighted by Crippen LogP contribution is -1.95. The van der Waals surface area contributed by atoms with Crippen molar-refractivity contribution >= 4 is 11.9 Å². The molecular weight excluding hydrogens is 312 g/mol. The van der Waals surface area contributed by atoms with Gasteiger partial charge in [-0.25, -0.2) is 0 Å². The SMILES string of the molecule is COc1cc(-c2ccccc2)ccc1C=CC(=O)c1ccccc1O. The van der Waals surface area contributed by atoms with Crippen LogP contribution in [0.25, 0.3) is 17.2 Å². The number of rotatable bonds is 5. The molecule has 0 heterocycles. The summed E-state index contributed by atoms with van der Waals surface area (Å²) in [6, 6.07) is 22.4. The van der Waals surface area contributed by atoms with E-state index in [2.05, 4.69) is 0 Å². The molecule has 0 aliphatic heterocycles. The highest BCUT2D eigenvalue weighted by atomic mass is 16.5. The quantitative estimate of drug-likeness (QED) is 0.531. The predicted molar refractivity (Wildman–Crippen MR) is 99.9 cm³/mol. The molecule has 3 rings (SSSR count). The number of methoxy groups -OCH3 is 1. The van der Waals surface area contributed by atoms with Crippen molar-refractivity contribution in [2.24, 2.45) is 0 Å². The minimum Gasteiger partial charge on any atom is -0.507 e. The molecule has 25 heavy (non-hydrogen) atoms. The smallest absolute Gasteiger partial charge is 0.189 e. The monoisotopic (exact) mass is 330 g/mol. The number of aromatic hydroxyl groups is 1. The molecule has 3 aromatic rings. The lowest BCUT2D eigenvalue weighted by molar-refractivity contribution is 0.104. The molecule has 0 fully saturated rings. The summed E-state index contributed by atoms with van der Waals surface area (Å²) in [6.07, 6.45) is 3.14. The molecule has 0 aliphatic rings. The third kappa shape index (κ3) is 3.78. The number of carbonyl (C=O) groups is 1. The highest BCUT2D eigenvalue weighted by molar-refractivity contribution is 6.08. The third-order valence-electron chi connectivity index (χ3n) is 3.92. The minimum absolute atomic E-state index is 0.0245. The normalized spacial score (nSPS) is 10.8. The number of carbonyl (C=O) groups excluding carboxylic acids is 1. The fourth-order valence-electron chi connectivity index (χ4n) is 2.60. The van der Waals surface area contributed by atoms with Gasteiger partial charge < -0.3 is 9.84 Å². The number of benzene rings is 3. The second-order valence-corrected chi connectivity index (χ2v) is 5.54. The van der Waals surface area contributed by atoms with Crippen LogP contribution in [0.3, 0.4) is 0 Å². The molecule has 3 heteroatoms. The number of ether oxygens (including phenoxy) is 1. The Morgan fingerprint density at radius 3 is 2.36 bits per heavy atom. The van der Waals surface area contributed by atoms with Gasteiger partial charge in [-0.2, -0.15) is 0 Å². The summed E-state index contributed by atoms with van der Waals surface area (Å²) in [4.78, 5) is 12.2. The van der Waals surface area contributed by atoms with Gasteiger partial charge in [0.25, 0.3) is 0 Å². The fraction of sp³-hybridized carbons (Fsp3) is 0.0455. The van der Waals surface area contributed by atoms with Gasteiger partial charge in [-0.05, 0) is 41.5 Å². The summed E-state index contributed by atoms with van der Waals surface area (Å²) in [6.45, 7) is 0. The maximum Gasteiger partial charge on any atom is 0.189 e. The number of phenolic OH excluding ortho intramolecular Hbond substituents is 1. The minimum atomic E-state index is -0.257. The molecule has 0 bridgehead atoms. The topological polar surface area (TPSA) is 46.5 Å². The predicted octanol–water partition coefficient (Wildman–Crippen LogP) is 4.96. The first-order chi connectivity index (χ1) is 12.2. The van der Waals surface area contributed by atoms with Gasteiger partial charge in [0.1, 0.15) is 11.5 Å². The number of allylic oxidation sites excluding steroid dienone is 1. The van der Waals surface area contributed by atoms with Crippen molar-refractivity contribution < 1.29 is 14.6 Å². The van der Waals surface area contributed by atoms with Gasteiger partial charge >= 0.3 is 0 Å². The van der Waals surface area contributed by atoms with Crippen LogP contribution in [0.5, 0.6) is 11.5 Å². The zero-order chi connectivity index (χ0) is 17.6. The highest BCUT2D eigenvalue weighted by Gasteiger charge is 2.08. The fourth-order valence-corrected chi connectivity index (χ4v) is 2.60. The van der Waals surface area contributed by atoms with Crippen LogP contribution < -0.4 is 4.74 Å².